The van der Waals surface area contributed by atoms with Gasteiger partial charge in [-0.1, -0.05) is 27.7 Å². The van der Waals surface area contributed by atoms with Crippen molar-refractivity contribution in [3.63, 3.8) is 0 Å². The lowest BCUT2D eigenvalue weighted by Gasteiger charge is -2.43. The maximum Gasteiger partial charge on any atom is 0.0671 e. The Hall–Kier alpha value is -0.0800. The van der Waals surface area contributed by atoms with E-state index in [0.29, 0.717) is 5.54 Å². The topological polar surface area (TPSA) is 12.5 Å². The lowest BCUT2D eigenvalue weighted by Crippen LogP contribution is -2.57. The van der Waals surface area contributed by atoms with Gasteiger partial charge in [0, 0.05) is 0 Å². The van der Waals surface area contributed by atoms with Gasteiger partial charge in [0.1, 0.15) is 0 Å². The third kappa shape index (κ3) is 4.07. The first-order valence-electron chi connectivity index (χ1n) is 4.90. The molecule has 0 spiro atoms. The minimum absolute atomic E-state index is 0.333. The van der Waals surface area contributed by atoms with Crippen molar-refractivity contribution in [3.05, 3.63) is 0 Å². The van der Waals surface area contributed by atoms with Gasteiger partial charge in [-0.15, -0.1) is 0 Å². The Labute approximate surface area is 77.9 Å². The van der Waals surface area contributed by atoms with Crippen LogP contribution in [0.3, 0.4) is 0 Å². The lowest BCUT2D eigenvalue weighted by atomic mass is 10.00. The van der Waals surface area contributed by atoms with Crippen LogP contribution in [0.1, 0.15) is 34.6 Å². The fourth-order valence-corrected chi connectivity index (χ4v) is 0.656. The van der Waals surface area contributed by atoms with Crippen LogP contribution in [0.15, 0.2) is 0 Å². The molecule has 1 heterocycles. The molecule has 0 aliphatic carbocycles. The third-order valence-electron chi connectivity index (χ3n) is 1.91. The molecule has 0 aromatic carbocycles. The fraction of sp³-hybridized carbons (Fsp3) is 1.00. The molecule has 1 rings (SSSR count). The zero-order valence-corrected chi connectivity index (χ0v) is 9.77. The Kier molecular flexibility index (Phi) is 9.10. The van der Waals surface area contributed by atoms with Crippen molar-refractivity contribution < 1.29 is 4.74 Å². The summed E-state index contributed by atoms with van der Waals surface area (Å²) >= 11 is 0. The Morgan fingerprint density at radius 1 is 1.00 bits per heavy atom. The van der Waals surface area contributed by atoms with Crippen LogP contribution < -0.4 is 0 Å². The smallest absolute Gasteiger partial charge is 0.0671 e. The first-order valence-corrected chi connectivity index (χ1v) is 4.90. The number of hydrogen-bond acceptors (Lipinski definition) is 2. The Morgan fingerprint density at radius 3 is 1.33 bits per heavy atom. The lowest BCUT2D eigenvalue weighted by molar-refractivity contribution is -0.113. The second-order valence-electron chi connectivity index (χ2n) is 2.88. The van der Waals surface area contributed by atoms with E-state index < -0.39 is 0 Å². The molecule has 0 amide bonds. The molecule has 0 radical (unpaired) electrons. The predicted octanol–water partition coefficient (Wildman–Crippen LogP) is 2.39. The van der Waals surface area contributed by atoms with E-state index in [1.807, 2.05) is 27.7 Å². The SMILES string of the molecule is CC.CC.CN(C)C1(C)COC1. The molecule has 0 saturated carbocycles. The van der Waals surface area contributed by atoms with Crippen LogP contribution in [0.25, 0.3) is 0 Å². The van der Waals surface area contributed by atoms with E-state index in [1.54, 1.807) is 0 Å². The summed E-state index contributed by atoms with van der Waals surface area (Å²) in [5, 5.41) is 0. The summed E-state index contributed by atoms with van der Waals surface area (Å²) in [6.07, 6.45) is 0. The minimum Gasteiger partial charge on any atom is -0.377 e. The summed E-state index contributed by atoms with van der Waals surface area (Å²) in [7, 11) is 4.17. The predicted molar refractivity (Wildman–Crippen MR) is 55.6 cm³/mol. The van der Waals surface area contributed by atoms with Crippen molar-refractivity contribution in [1.29, 1.82) is 0 Å². The highest BCUT2D eigenvalue weighted by Crippen LogP contribution is 2.20. The Bertz CT molecular complexity index is 87.8. The quantitative estimate of drug-likeness (QED) is 0.607. The summed E-state index contributed by atoms with van der Waals surface area (Å²) in [4.78, 5) is 2.20. The average Bonchev–Trinajstić information content (AvgIpc) is 2.07. The summed E-state index contributed by atoms with van der Waals surface area (Å²) in [6, 6.07) is 0. The molecule has 0 aromatic heterocycles. The van der Waals surface area contributed by atoms with Gasteiger partial charge in [0.25, 0.3) is 0 Å². The summed E-state index contributed by atoms with van der Waals surface area (Å²) in [5.74, 6) is 0. The van der Waals surface area contributed by atoms with Gasteiger partial charge in [0.15, 0.2) is 0 Å². The first kappa shape index (κ1) is 14.4. The second kappa shape index (κ2) is 7.56. The van der Waals surface area contributed by atoms with Crippen molar-refractivity contribution in [1.82, 2.24) is 4.90 Å². The molecule has 76 valence electrons. The van der Waals surface area contributed by atoms with Gasteiger partial charge in [-0.3, -0.25) is 4.90 Å². The van der Waals surface area contributed by atoms with Gasteiger partial charge in [-0.25, -0.2) is 0 Å². The largest absolute Gasteiger partial charge is 0.377 e. The van der Waals surface area contributed by atoms with Crippen LogP contribution in [0, 0.1) is 0 Å². The number of rotatable bonds is 1. The average molecular weight is 175 g/mol. The summed E-state index contributed by atoms with van der Waals surface area (Å²) in [6.45, 7) is 12.0. The second-order valence-corrected chi connectivity index (χ2v) is 2.88. The summed E-state index contributed by atoms with van der Waals surface area (Å²) in [5.41, 5.74) is 0.333. The maximum atomic E-state index is 5.06. The molecule has 1 aliphatic heterocycles. The molecule has 0 bridgehead atoms. The van der Waals surface area contributed by atoms with Crippen molar-refractivity contribution >= 4 is 0 Å². The zero-order valence-electron chi connectivity index (χ0n) is 9.77. The monoisotopic (exact) mass is 175 g/mol. The van der Waals surface area contributed by atoms with Crippen LogP contribution in [0.5, 0.6) is 0 Å². The van der Waals surface area contributed by atoms with Gasteiger partial charge < -0.3 is 4.74 Å². The van der Waals surface area contributed by atoms with E-state index in [-0.39, 0.29) is 0 Å². The van der Waals surface area contributed by atoms with Gasteiger partial charge in [-0.05, 0) is 21.0 Å². The molecule has 1 saturated heterocycles. The van der Waals surface area contributed by atoms with E-state index in [9.17, 15) is 0 Å². The number of nitrogens with zero attached hydrogens (tertiary/aromatic N) is 1. The van der Waals surface area contributed by atoms with Crippen molar-refractivity contribution in [2.24, 2.45) is 0 Å². The Balaban J connectivity index is 0. The number of hydrogen-bond donors (Lipinski definition) is 0. The highest BCUT2D eigenvalue weighted by atomic mass is 16.5. The molecule has 2 nitrogen and oxygen atoms in total. The molecule has 0 atom stereocenters. The van der Waals surface area contributed by atoms with Crippen LogP contribution in [-0.2, 0) is 4.74 Å². The maximum absolute atomic E-state index is 5.06. The highest BCUT2D eigenvalue weighted by molar-refractivity contribution is 4.88. The van der Waals surface area contributed by atoms with Gasteiger partial charge in [-0.2, -0.15) is 0 Å². The third-order valence-corrected chi connectivity index (χ3v) is 1.91. The molecule has 12 heavy (non-hydrogen) atoms. The normalized spacial score (nSPS) is 18.0. The molecular weight excluding hydrogens is 150 g/mol. The van der Waals surface area contributed by atoms with E-state index in [0.717, 1.165) is 13.2 Å². The highest BCUT2D eigenvalue weighted by Gasteiger charge is 2.34. The van der Waals surface area contributed by atoms with Gasteiger partial charge in [0.05, 0.1) is 18.8 Å². The van der Waals surface area contributed by atoms with Crippen molar-refractivity contribution in [2.75, 3.05) is 27.3 Å². The zero-order chi connectivity index (χ0) is 10.2. The van der Waals surface area contributed by atoms with Gasteiger partial charge >= 0.3 is 0 Å². The molecule has 0 unspecified atom stereocenters. The summed E-state index contributed by atoms with van der Waals surface area (Å²) < 4.78 is 5.06. The van der Waals surface area contributed by atoms with E-state index >= 15 is 0 Å². The first-order chi connectivity index (χ1) is 5.65. The molecule has 1 aliphatic rings. The standard InChI is InChI=1S/C6H13NO.2C2H6/c1-6(7(2)3)4-8-5-6;2*1-2/h4-5H2,1-3H3;2*1-2H3. The van der Waals surface area contributed by atoms with E-state index in [1.165, 1.54) is 0 Å². The minimum atomic E-state index is 0.333. The van der Waals surface area contributed by atoms with Crippen molar-refractivity contribution in [3.8, 4) is 0 Å². The van der Waals surface area contributed by atoms with E-state index in [2.05, 4.69) is 25.9 Å². The molecule has 2 heteroatoms. The van der Waals surface area contributed by atoms with Crippen molar-refractivity contribution in [2.45, 2.75) is 40.2 Å². The fourth-order valence-electron chi connectivity index (χ4n) is 0.656. The molecule has 0 aromatic rings. The van der Waals surface area contributed by atoms with Crippen LogP contribution in [0.2, 0.25) is 0 Å². The molecule has 0 N–H and O–H groups in total. The Morgan fingerprint density at radius 2 is 1.33 bits per heavy atom. The van der Waals surface area contributed by atoms with E-state index in [4.69, 9.17) is 4.74 Å². The van der Waals surface area contributed by atoms with Crippen LogP contribution >= 0.6 is 0 Å². The molecule has 1 fully saturated rings. The van der Waals surface area contributed by atoms with Crippen LogP contribution in [0.4, 0.5) is 0 Å². The number of likely N-dealkylation sites (N-methyl/N-ethyl adjacent to an activating group) is 1. The van der Waals surface area contributed by atoms with Crippen LogP contribution in [-0.4, -0.2) is 37.7 Å². The van der Waals surface area contributed by atoms with Gasteiger partial charge in [0.2, 0.25) is 0 Å². The molecular formula is C10H25NO. The number of ether oxygens (including phenoxy) is 1.